The molecule has 1 aromatic rings. The Hall–Kier alpha value is 0.423. The number of fused-ring (bicyclic) bond motifs is 1. The summed E-state index contributed by atoms with van der Waals surface area (Å²) in [4.78, 5) is 0. The summed E-state index contributed by atoms with van der Waals surface area (Å²) in [5.41, 5.74) is 5.62. The van der Waals surface area contributed by atoms with Crippen molar-refractivity contribution in [3.8, 4) is 0 Å². The predicted molar refractivity (Wildman–Crippen MR) is 64.7 cm³/mol. The molecule has 0 bridgehead atoms. The first-order chi connectivity index (χ1) is 7.11. The summed E-state index contributed by atoms with van der Waals surface area (Å²) in [5, 5.41) is 0. The Kier molecular flexibility index (Phi) is 5.60. The van der Waals surface area contributed by atoms with Gasteiger partial charge in [0.05, 0.1) is 0 Å². The van der Waals surface area contributed by atoms with Gasteiger partial charge in [0.2, 0.25) is 0 Å². The summed E-state index contributed by atoms with van der Waals surface area (Å²) >= 11 is -0.826. The quantitative estimate of drug-likeness (QED) is 0.653. The molecule has 2 rings (SSSR count). The van der Waals surface area contributed by atoms with Crippen LogP contribution in [0.5, 0.6) is 0 Å². The number of hydrogen-bond donors (Lipinski definition) is 0. The molecular formula is C12H13Cl2Zr. The normalized spacial score (nSPS) is 13.1. The number of rotatable bonds is 0. The van der Waals surface area contributed by atoms with Crippen LogP contribution in [0.3, 0.4) is 0 Å². The number of hydrogen-bond acceptors (Lipinski definition) is 0. The fourth-order valence-corrected chi connectivity index (χ4v) is 1.86. The van der Waals surface area contributed by atoms with Crippen molar-refractivity contribution in [3.63, 3.8) is 0 Å². The fourth-order valence-electron chi connectivity index (χ4n) is 1.86. The van der Waals surface area contributed by atoms with E-state index in [0.717, 1.165) is 0 Å². The molecule has 15 heavy (non-hydrogen) atoms. The summed E-state index contributed by atoms with van der Waals surface area (Å²) in [6.07, 6.45) is 4.41. The Labute approximate surface area is 110 Å². The van der Waals surface area contributed by atoms with E-state index in [4.69, 9.17) is 17.0 Å². The van der Waals surface area contributed by atoms with Crippen molar-refractivity contribution in [2.45, 2.75) is 20.8 Å². The Morgan fingerprint density at radius 3 is 2.00 bits per heavy atom. The molecule has 1 radical (unpaired) electrons. The molecular weight excluding hydrogens is 306 g/mol. The van der Waals surface area contributed by atoms with Crippen LogP contribution in [0.15, 0.2) is 18.2 Å². The SMILES string of the molecule is C[C]1C=Cc2c(C)ccc(C)c21.[Cl][Zr][Cl]. The topological polar surface area (TPSA) is 0 Å². The van der Waals surface area contributed by atoms with E-state index in [1.54, 1.807) is 0 Å². The maximum absolute atomic E-state index is 4.93. The summed E-state index contributed by atoms with van der Waals surface area (Å²) < 4.78 is 0. The molecule has 0 saturated heterocycles. The fraction of sp³-hybridized carbons (Fsp3) is 0.250. The van der Waals surface area contributed by atoms with Crippen molar-refractivity contribution in [3.05, 3.63) is 46.4 Å². The Bertz CT molecular complexity index is 372. The molecule has 1 aliphatic carbocycles. The number of allylic oxidation sites excluding steroid dienone is 1. The molecule has 0 saturated carbocycles. The number of benzene rings is 1. The molecule has 0 aromatic heterocycles. The molecule has 3 heteroatoms. The van der Waals surface area contributed by atoms with Crippen LogP contribution in [-0.4, -0.2) is 0 Å². The maximum atomic E-state index is 4.93. The molecule has 0 heterocycles. The molecule has 1 aliphatic rings. The second-order valence-corrected chi connectivity index (χ2v) is 7.31. The van der Waals surface area contributed by atoms with Gasteiger partial charge in [-0.1, -0.05) is 31.2 Å². The molecule has 79 valence electrons. The van der Waals surface area contributed by atoms with E-state index in [-0.39, 0.29) is 0 Å². The van der Waals surface area contributed by atoms with E-state index in [1.165, 1.54) is 28.2 Å². The van der Waals surface area contributed by atoms with Gasteiger partial charge in [-0.3, -0.25) is 0 Å². The zero-order valence-electron chi connectivity index (χ0n) is 9.07. The van der Waals surface area contributed by atoms with Crippen LogP contribution >= 0.6 is 17.0 Å². The Morgan fingerprint density at radius 2 is 1.47 bits per heavy atom. The van der Waals surface area contributed by atoms with Crippen molar-refractivity contribution in [2.24, 2.45) is 0 Å². The first kappa shape index (κ1) is 13.5. The van der Waals surface area contributed by atoms with E-state index in [0.29, 0.717) is 0 Å². The van der Waals surface area contributed by atoms with Gasteiger partial charge in [0.15, 0.2) is 0 Å². The standard InChI is InChI=1S/C12H13.2ClH.Zr/c1-8-4-5-9(2)12-10(3)6-7-11(8)12;;;/h4-7H,1-3H3;2*1H;/q;;;+2/p-2. The Balaban J connectivity index is 0.000000337. The first-order valence-electron chi connectivity index (χ1n) is 4.70. The average molecular weight is 319 g/mol. The molecule has 0 nitrogen and oxygen atoms in total. The van der Waals surface area contributed by atoms with Crippen molar-refractivity contribution in [1.82, 2.24) is 0 Å². The molecule has 0 N–H and O–H groups in total. The third kappa shape index (κ3) is 3.19. The minimum absolute atomic E-state index is 0.826. The first-order valence-corrected chi connectivity index (χ1v) is 11.0. The van der Waals surface area contributed by atoms with E-state index < -0.39 is 20.8 Å². The third-order valence-corrected chi connectivity index (χ3v) is 2.57. The molecule has 0 amide bonds. The van der Waals surface area contributed by atoms with Gasteiger partial charge in [0.25, 0.3) is 0 Å². The van der Waals surface area contributed by atoms with Gasteiger partial charge in [-0.05, 0) is 36.1 Å². The predicted octanol–water partition coefficient (Wildman–Crippen LogP) is 4.65. The van der Waals surface area contributed by atoms with Crippen LogP contribution in [0.4, 0.5) is 0 Å². The zero-order valence-corrected chi connectivity index (χ0v) is 13.0. The van der Waals surface area contributed by atoms with Crippen LogP contribution in [0.1, 0.15) is 29.2 Å². The van der Waals surface area contributed by atoms with Crippen molar-refractivity contribution < 1.29 is 20.8 Å². The van der Waals surface area contributed by atoms with E-state index in [2.05, 4.69) is 45.1 Å². The van der Waals surface area contributed by atoms with Gasteiger partial charge in [-0.15, -0.1) is 0 Å². The van der Waals surface area contributed by atoms with Crippen LogP contribution in [0.2, 0.25) is 0 Å². The molecule has 1 aromatic carbocycles. The second-order valence-electron chi connectivity index (χ2n) is 3.58. The van der Waals surface area contributed by atoms with Gasteiger partial charge in [0.1, 0.15) is 0 Å². The van der Waals surface area contributed by atoms with E-state index >= 15 is 0 Å². The molecule has 0 spiro atoms. The zero-order chi connectivity index (χ0) is 11.4. The van der Waals surface area contributed by atoms with Crippen LogP contribution in [0.25, 0.3) is 6.08 Å². The summed E-state index contributed by atoms with van der Waals surface area (Å²) in [6, 6.07) is 4.39. The second kappa shape index (κ2) is 6.23. The van der Waals surface area contributed by atoms with Gasteiger partial charge < -0.3 is 0 Å². The molecule has 0 atom stereocenters. The molecule has 0 fully saturated rings. The van der Waals surface area contributed by atoms with Crippen molar-refractivity contribution in [2.75, 3.05) is 0 Å². The third-order valence-electron chi connectivity index (χ3n) is 2.57. The van der Waals surface area contributed by atoms with Crippen LogP contribution in [0, 0.1) is 19.8 Å². The van der Waals surface area contributed by atoms with Gasteiger partial charge in [-0.2, -0.15) is 0 Å². The van der Waals surface area contributed by atoms with Gasteiger partial charge in [-0.25, -0.2) is 0 Å². The molecule has 0 unspecified atom stereocenters. The van der Waals surface area contributed by atoms with E-state index in [9.17, 15) is 0 Å². The number of halogens is 2. The van der Waals surface area contributed by atoms with E-state index in [1.807, 2.05) is 0 Å². The average Bonchev–Trinajstić information content (AvgIpc) is 2.57. The van der Waals surface area contributed by atoms with Crippen molar-refractivity contribution in [1.29, 1.82) is 0 Å². The van der Waals surface area contributed by atoms with Crippen molar-refractivity contribution >= 4 is 23.1 Å². The van der Waals surface area contributed by atoms with Gasteiger partial charge >= 0.3 is 37.9 Å². The monoisotopic (exact) mass is 317 g/mol. The van der Waals surface area contributed by atoms with Gasteiger partial charge in [0, 0.05) is 5.92 Å². The molecule has 0 aliphatic heterocycles. The van der Waals surface area contributed by atoms with Crippen LogP contribution in [-0.2, 0) is 20.8 Å². The van der Waals surface area contributed by atoms with Crippen LogP contribution < -0.4 is 0 Å². The Morgan fingerprint density at radius 1 is 0.933 bits per heavy atom. The summed E-state index contributed by atoms with van der Waals surface area (Å²) in [6.45, 7) is 6.52. The minimum atomic E-state index is -0.826. The summed E-state index contributed by atoms with van der Waals surface area (Å²) in [7, 11) is 9.87. The summed E-state index contributed by atoms with van der Waals surface area (Å²) in [5.74, 6) is 1.39. The number of aryl methyl sites for hydroxylation is 2.